The standard InChI is InChI=1S/C18H31BrN2/c1-13(2)10-14(3)21(7)17-9-8-15(11-16(17)19)12-20-18(4,5)6/h8-9,11,13-14,20H,10,12H2,1-7H3. The van der Waals surface area contributed by atoms with E-state index in [4.69, 9.17) is 0 Å². The first-order valence-corrected chi connectivity index (χ1v) is 8.65. The zero-order chi connectivity index (χ0) is 16.2. The van der Waals surface area contributed by atoms with Gasteiger partial charge in [-0.05, 0) is 73.7 Å². The van der Waals surface area contributed by atoms with Crippen LogP contribution >= 0.6 is 15.9 Å². The van der Waals surface area contributed by atoms with Crippen LogP contribution in [0.5, 0.6) is 0 Å². The fourth-order valence-corrected chi connectivity index (χ4v) is 3.10. The van der Waals surface area contributed by atoms with Crippen LogP contribution in [0, 0.1) is 5.92 Å². The van der Waals surface area contributed by atoms with Crippen molar-refractivity contribution in [3.63, 3.8) is 0 Å². The molecule has 0 spiro atoms. The third kappa shape index (κ3) is 6.39. The van der Waals surface area contributed by atoms with Gasteiger partial charge in [-0.2, -0.15) is 0 Å². The van der Waals surface area contributed by atoms with Crippen LogP contribution in [-0.2, 0) is 6.54 Å². The van der Waals surface area contributed by atoms with E-state index in [-0.39, 0.29) is 5.54 Å². The van der Waals surface area contributed by atoms with Crippen molar-refractivity contribution in [2.75, 3.05) is 11.9 Å². The Kier molecular flexibility index (Phi) is 6.73. The molecule has 0 amide bonds. The predicted molar refractivity (Wildman–Crippen MR) is 98.1 cm³/mol. The molecule has 0 saturated carbocycles. The lowest BCUT2D eigenvalue weighted by atomic mass is 10.0. The van der Waals surface area contributed by atoms with Crippen molar-refractivity contribution in [2.45, 2.75) is 66.1 Å². The third-order valence-corrected chi connectivity index (χ3v) is 4.32. The van der Waals surface area contributed by atoms with Gasteiger partial charge in [-0.3, -0.25) is 0 Å². The molecule has 1 aromatic rings. The third-order valence-electron chi connectivity index (χ3n) is 3.69. The van der Waals surface area contributed by atoms with Crippen LogP contribution in [0.3, 0.4) is 0 Å². The Bertz CT molecular complexity index is 449. The average molecular weight is 355 g/mol. The molecule has 0 aliphatic heterocycles. The largest absolute Gasteiger partial charge is 0.371 e. The summed E-state index contributed by atoms with van der Waals surface area (Å²) in [5.41, 5.74) is 2.72. The molecule has 1 unspecified atom stereocenters. The van der Waals surface area contributed by atoms with E-state index < -0.39 is 0 Å². The molecule has 1 N–H and O–H groups in total. The minimum Gasteiger partial charge on any atom is -0.371 e. The van der Waals surface area contributed by atoms with Crippen molar-refractivity contribution < 1.29 is 0 Å². The number of nitrogens with one attached hydrogen (secondary N) is 1. The molecular weight excluding hydrogens is 324 g/mol. The molecular formula is C18H31BrN2. The quantitative estimate of drug-likeness (QED) is 0.754. The van der Waals surface area contributed by atoms with Gasteiger partial charge in [0.15, 0.2) is 0 Å². The summed E-state index contributed by atoms with van der Waals surface area (Å²) in [5.74, 6) is 0.719. The number of benzene rings is 1. The highest BCUT2D eigenvalue weighted by molar-refractivity contribution is 9.10. The number of rotatable bonds is 6. The van der Waals surface area contributed by atoms with Crippen molar-refractivity contribution in [3.05, 3.63) is 28.2 Å². The summed E-state index contributed by atoms with van der Waals surface area (Å²) < 4.78 is 1.17. The van der Waals surface area contributed by atoms with E-state index in [1.807, 2.05) is 0 Å². The maximum absolute atomic E-state index is 3.73. The van der Waals surface area contributed by atoms with Crippen LogP contribution in [0.4, 0.5) is 5.69 Å². The predicted octanol–water partition coefficient (Wildman–Crippen LogP) is 5.21. The second-order valence-electron chi connectivity index (χ2n) is 7.48. The molecule has 0 heterocycles. The first-order chi connectivity index (χ1) is 9.60. The zero-order valence-corrected chi connectivity index (χ0v) is 16.2. The zero-order valence-electron chi connectivity index (χ0n) is 14.6. The van der Waals surface area contributed by atoms with Gasteiger partial charge in [-0.1, -0.05) is 19.9 Å². The van der Waals surface area contributed by atoms with E-state index in [0.717, 1.165) is 12.5 Å². The molecule has 21 heavy (non-hydrogen) atoms. The van der Waals surface area contributed by atoms with Gasteiger partial charge in [-0.25, -0.2) is 0 Å². The van der Waals surface area contributed by atoms with E-state index in [0.29, 0.717) is 6.04 Å². The van der Waals surface area contributed by atoms with Crippen LogP contribution in [0.1, 0.15) is 53.5 Å². The molecule has 0 aromatic heterocycles. The van der Waals surface area contributed by atoms with E-state index >= 15 is 0 Å². The number of halogens is 1. The molecule has 0 fully saturated rings. The van der Waals surface area contributed by atoms with Crippen LogP contribution in [0.2, 0.25) is 0 Å². The average Bonchev–Trinajstić information content (AvgIpc) is 2.34. The summed E-state index contributed by atoms with van der Waals surface area (Å²) in [7, 11) is 2.18. The number of hydrogen-bond donors (Lipinski definition) is 1. The number of hydrogen-bond acceptors (Lipinski definition) is 2. The summed E-state index contributed by atoms with van der Waals surface area (Å²) in [6, 6.07) is 7.21. The Morgan fingerprint density at radius 1 is 1.19 bits per heavy atom. The van der Waals surface area contributed by atoms with E-state index in [1.54, 1.807) is 0 Å². The highest BCUT2D eigenvalue weighted by Gasteiger charge is 2.15. The summed E-state index contributed by atoms with van der Waals surface area (Å²) in [6.07, 6.45) is 1.20. The van der Waals surface area contributed by atoms with E-state index in [1.165, 1.54) is 22.1 Å². The molecule has 3 heteroatoms. The first kappa shape index (κ1) is 18.5. The van der Waals surface area contributed by atoms with Crippen LogP contribution in [0.15, 0.2) is 22.7 Å². The smallest absolute Gasteiger partial charge is 0.0510 e. The van der Waals surface area contributed by atoms with Crippen molar-refractivity contribution in [2.24, 2.45) is 5.92 Å². The highest BCUT2D eigenvalue weighted by Crippen LogP contribution is 2.29. The Morgan fingerprint density at radius 3 is 2.29 bits per heavy atom. The Balaban J connectivity index is 2.78. The van der Waals surface area contributed by atoms with Crippen LogP contribution in [-0.4, -0.2) is 18.6 Å². The molecule has 0 aliphatic carbocycles. The first-order valence-electron chi connectivity index (χ1n) is 7.86. The van der Waals surface area contributed by atoms with Crippen molar-refractivity contribution in [1.29, 1.82) is 0 Å². The van der Waals surface area contributed by atoms with Crippen molar-refractivity contribution in [3.8, 4) is 0 Å². The summed E-state index contributed by atoms with van der Waals surface area (Å²) >= 11 is 3.73. The van der Waals surface area contributed by atoms with Crippen LogP contribution in [0.25, 0.3) is 0 Å². The van der Waals surface area contributed by atoms with Crippen LogP contribution < -0.4 is 10.2 Å². The Labute approximate surface area is 139 Å². The topological polar surface area (TPSA) is 15.3 Å². The summed E-state index contributed by atoms with van der Waals surface area (Å²) in [5, 5.41) is 3.53. The molecule has 120 valence electrons. The second-order valence-corrected chi connectivity index (χ2v) is 8.33. The minimum atomic E-state index is 0.147. The fraction of sp³-hybridized carbons (Fsp3) is 0.667. The summed E-state index contributed by atoms with van der Waals surface area (Å²) in [6.45, 7) is 14.3. The van der Waals surface area contributed by atoms with Crippen molar-refractivity contribution in [1.82, 2.24) is 5.32 Å². The maximum Gasteiger partial charge on any atom is 0.0510 e. The van der Waals surface area contributed by atoms with Gasteiger partial charge in [-0.15, -0.1) is 0 Å². The maximum atomic E-state index is 3.73. The SMILES string of the molecule is CC(C)CC(C)N(C)c1ccc(CNC(C)(C)C)cc1Br. The lowest BCUT2D eigenvalue weighted by Crippen LogP contribution is -2.35. The van der Waals surface area contributed by atoms with Gasteiger partial charge in [0.25, 0.3) is 0 Å². The van der Waals surface area contributed by atoms with Gasteiger partial charge in [0.1, 0.15) is 0 Å². The molecule has 2 nitrogen and oxygen atoms in total. The lowest BCUT2D eigenvalue weighted by molar-refractivity contribution is 0.424. The monoisotopic (exact) mass is 354 g/mol. The highest BCUT2D eigenvalue weighted by atomic mass is 79.9. The number of anilines is 1. The van der Waals surface area contributed by atoms with E-state index in [9.17, 15) is 0 Å². The van der Waals surface area contributed by atoms with Gasteiger partial charge in [0.2, 0.25) is 0 Å². The minimum absolute atomic E-state index is 0.147. The van der Waals surface area contributed by atoms with Gasteiger partial charge in [0.05, 0.1) is 5.69 Å². The molecule has 1 atom stereocenters. The molecule has 0 saturated heterocycles. The summed E-state index contributed by atoms with van der Waals surface area (Å²) in [4.78, 5) is 2.37. The number of nitrogens with zero attached hydrogens (tertiary/aromatic N) is 1. The molecule has 0 aliphatic rings. The molecule has 1 rings (SSSR count). The lowest BCUT2D eigenvalue weighted by Gasteiger charge is -2.29. The fourth-order valence-electron chi connectivity index (χ4n) is 2.39. The molecule has 1 aromatic carbocycles. The van der Waals surface area contributed by atoms with E-state index in [2.05, 4.69) is 92.9 Å². The Morgan fingerprint density at radius 2 is 1.81 bits per heavy atom. The van der Waals surface area contributed by atoms with Gasteiger partial charge in [0, 0.05) is 29.6 Å². The van der Waals surface area contributed by atoms with Gasteiger partial charge >= 0.3 is 0 Å². The normalized spacial score (nSPS) is 13.6. The van der Waals surface area contributed by atoms with Gasteiger partial charge < -0.3 is 10.2 Å². The molecule has 0 radical (unpaired) electrons. The molecule has 0 bridgehead atoms. The second kappa shape index (κ2) is 7.64. The Hall–Kier alpha value is -0.540. The van der Waals surface area contributed by atoms with Crippen molar-refractivity contribution >= 4 is 21.6 Å².